The maximum Gasteiger partial charge on any atom is 0.257 e. The first-order valence-corrected chi connectivity index (χ1v) is 11.7. The monoisotopic (exact) mass is 471 g/mol. The Balaban J connectivity index is 1.48. The highest BCUT2D eigenvalue weighted by Crippen LogP contribution is 2.27. The SMILES string of the molecule is COc1ccccc1C(=O)N1CCCN(C(=O)C(C)n2c(-c3cccs3)n[nH]c2=S)CC1. The van der Waals surface area contributed by atoms with Crippen molar-refractivity contribution in [1.29, 1.82) is 0 Å². The van der Waals surface area contributed by atoms with Crippen LogP contribution in [0.5, 0.6) is 5.75 Å². The van der Waals surface area contributed by atoms with E-state index in [1.165, 1.54) is 0 Å². The van der Waals surface area contributed by atoms with Crippen molar-refractivity contribution >= 4 is 35.4 Å². The molecule has 8 nitrogen and oxygen atoms in total. The molecule has 10 heteroatoms. The normalized spacial score (nSPS) is 15.3. The van der Waals surface area contributed by atoms with E-state index in [0.29, 0.717) is 54.5 Å². The molecule has 2 aromatic heterocycles. The minimum absolute atomic E-state index is 0.0353. The van der Waals surface area contributed by atoms with Gasteiger partial charge in [-0.1, -0.05) is 18.2 Å². The zero-order chi connectivity index (χ0) is 22.7. The number of thiophene rings is 1. The Hall–Kier alpha value is -2.98. The van der Waals surface area contributed by atoms with Gasteiger partial charge in [0.1, 0.15) is 11.8 Å². The average molecular weight is 472 g/mol. The highest BCUT2D eigenvalue weighted by atomic mass is 32.1. The summed E-state index contributed by atoms with van der Waals surface area (Å²) in [7, 11) is 1.56. The number of methoxy groups -OCH3 is 1. The van der Waals surface area contributed by atoms with Crippen LogP contribution < -0.4 is 4.74 Å². The molecule has 0 bridgehead atoms. The molecule has 168 valence electrons. The Labute approximate surface area is 195 Å². The Morgan fingerprint density at radius 2 is 1.88 bits per heavy atom. The van der Waals surface area contributed by atoms with Crippen LogP contribution in [0.4, 0.5) is 0 Å². The lowest BCUT2D eigenvalue weighted by molar-refractivity contribution is -0.134. The number of carbonyl (C=O) groups excluding carboxylic acids is 2. The van der Waals surface area contributed by atoms with Crippen LogP contribution in [0.1, 0.15) is 29.7 Å². The Morgan fingerprint density at radius 3 is 2.62 bits per heavy atom. The second kappa shape index (κ2) is 9.66. The van der Waals surface area contributed by atoms with E-state index in [-0.39, 0.29) is 11.8 Å². The summed E-state index contributed by atoms with van der Waals surface area (Å²) in [6, 6.07) is 10.6. The van der Waals surface area contributed by atoms with E-state index >= 15 is 0 Å². The highest BCUT2D eigenvalue weighted by Gasteiger charge is 2.29. The number of hydrogen-bond acceptors (Lipinski definition) is 6. The largest absolute Gasteiger partial charge is 0.496 e. The van der Waals surface area contributed by atoms with Crippen molar-refractivity contribution in [2.75, 3.05) is 33.3 Å². The molecule has 0 radical (unpaired) electrons. The van der Waals surface area contributed by atoms with Gasteiger partial charge in [-0.05, 0) is 49.1 Å². The summed E-state index contributed by atoms with van der Waals surface area (Å²) >= 11 is 6.96. The average Bonchev–Trinajstić information content (AvgIpc) is 3.41. The highest BCUT2D eigenvalue weighted by molar-refractivity contribution is 7.71. The second-order valence-corrected chi connectivity index (χ2v) is 8.88. The third-order valence-corrected chi connectivity index (χ3v) is 6.78. The van der Waals surface area contributed by atoms with E-state index < -0.39 is 6.04 Å². The van der Waals surface area contributed by atoms with Gasteiger partial charge in [-0.2, -0.15) is 5.10 Å². The molecule has 1 aliphatic rings. The first-order valence-electron chi connectivity index (χ1n) is 10.4. The van der Waals surface area contributed by atoms with Gasteiger partial charge < -0.3 is 14.5 Å². The minimum Gasteiger partial charge on any atom is -0.496 e. The third-order valence-electron chi connectivity index (χ3n) is 5.62. The topological polar surface area (TPSA) is 83.5 Å². The fourth-order valence-electron chi connectivity index (χ4n) is 3.95. The van der Waals surface area contributed by atoms with E-state index in [4.69, 9.17) is 17.0 Å². The van der Waals surface area contributed by atoms with Gasteiger partial charge in [-0.3, -0.25) is 19.3 Å². The number of H-pyrrole nitrogens is 1. The zero-order valence-corrected chi connectivity index (χ0v) is 19.6. The Morgan fingerprint density at radius 1 is 1.12 bits per heavy atom. The first-order chi connectivity index (χ1) is 15.5. The molecule has 32 heavy (non-hydrogen) atoms. The summed E-state index contributed by atoms with van der Waals surface area (Å²) in [6.07, 6.45) is 0.702. The second-order valence-electron chi connectivity index (χ2n) is 7.55. The number of amides is 2. The van der Waals surface area contributed by atoms with Crippen LogP contribution in [-0.4, -0.2) is 69.7 Å². The number of carbonyl (C=O) groups is 2. The molecule has 4 rings (SSSR count). The summed E-state index contributed by atoms with van der Waals surface area (Å²) in [5.74, 6) is 1.10. The van der Waals surface area contributed by atoms with Gasteiger partial charge in [0, 0.05) is 26.2 Å². The van der Waals surface area contributed by atoms with E-state index in [1.54, 1.807) is 40.0 Å². The van der Waals surface area contributed by atoms with E-state index in [1.807, 2.05) is 41.5 Å². The number of aromatic nitrogens is 3. The predicted octanol–water partition coefficient (Wildman–Crippen LogP) is 3.61. The molecule has 0 spiro atoms. The summed E-state index contributed by atoms with van der Waals surface area (Å²) in [5, 5.41) is 9.11. The lowest BCUT2D eigenvalue weighted by Gasteiger charge is -2.26. The van der Waals surface area contributed by atoms with Gasteiger partial charge in [-0.15, -0.1) is 11.3 Å². The Bertz CT molecular complexity index is 1150. The van der Waals surface area contributed by atoms with Crippen molar-refractivity contribution in [2.24, 2.45) is 0 Å². The molecule has 3 heterocycles. The summed E-state index contributed by atoms with van der Waals surface area (Å²) in [6.45, 7) is 3.93. The molecule has 1 N–H and O–H groups in total. The summed E-state index contributed by atoms with van der Waals surface area (Å²) in [5.41, 5.74) is 0.536. The van der Waals surface area contributed by atoms with E-state index in [0.717, 1.165) is 4.88 Å². The number of hydrogen-bond donors (Lipinski definition) is 1. The van der Waals surface area contributed by atoms with Gasteiger partial charge in [0.05, 0.1) is 17.6 Å². The number of benzene rings is 1. The smallest absolute Gasteiger partial charge is 0.257 e. The van der Waals surface area contributed by atoms with Gasteiger partial charge in [0.25, 0.3) is 5.91 Å². The molecular weight excluding hydrogens is 446 g/mol. The fourth-order valence-corrected chi connectivity index (χ4v) is 4.95. The van der Waals surface area contributed by atoms with Gasteiger partial charge in [0.15, 0.2) is 10.6 Å². The van der Waals surface area contributed by atoms with Crippen LogP contribution in [-0.2, 0) is 4.79 Å². The van der Waals surface area contributed by atoms with Crippen LogP contribution >= 0.6 is 23.6 Å². The van der Waals surface area contributed by atoms with Crippen LogP contribution in [0.15, 0.2) is 41.8 Å². The molecule has 1 aliphatic heterocycles. The lowest BCUT2D eigenvalue weighted by Crippen LogP contribution is -2.40. The van der Waals surface area contributed by atoms with Crippen molar-refractivity contribution in [3.05, 3.63) is 52.1 Å². The zero-order valence-electron chi connectivity index (χ0n) is 18.0. The summed E-state index contributed by atoms with van der Waals surface area (Å²) < 4.78 is 7.52. The molecule has 1 atom stereocenters. The number of para-hydroxylation sites is 1. The molecule has 0 saturated carbocycles. The fraction of sp³-hybridized carbons (Fsp3) is 0.364. The molecule has 3 aromatic rings. The molecule has 1 aromatic carbocycles. The van der Waals surface area contributed by atoms with Gasteiger partial charge >= 0.3 is 0 Å². The van der Waals surface area contributed by atoms with E-state index in [2.05, 4.69) is 10.2 Å². The van der Waals surface area contributed by atoms with Crippen molar-refractivity contribution in [3.8, 4) is 16.5 Å². The molecule has 2 amide bonds. The Kier molecular flexibility index (Phi) is 6.71. The quantitative estimate of drug-likeness (QED) is 0.575. The number of aromatic amines is 1. The van der Waals surface area contributed by atoms with Crippen LogP contribution in [0.25, 0.3) is 10.7 Å². The molecule has 1 fully saturated rings. The maximum absolute atomic E-state index is 13.4. The number of ether oxygens (including phenoxy) is 1. The predicted molar refractivity (Wildman–Crippen MR) is 126 cm³/mol. The first kappa shape index (κ1) is 22.2. The summed E-state index contributed by atoms with van der Waals surface area (Å²) in [4.78, 5) is 31.0. The third kappa shape index (κ3) is 4.33. The van der Waals surface area contributed by atoms with Crippen molar-refractivity contribution < 1.29 is 14.3 Å². The molecule has 0 aliphatic carbocycles. The van der Waals surface area contributed by atoms with Gasteiger partial charge in [0.2, 0.25) is 5.91 Å². The molecular formula is C22H25N5O3S2. The number of nitrogens with one attached hydrogen (secondary N) is 1. The van der Waals surface area contributed by atoms with Crippen LogP contribution in [0.2, 0.25) is 0 Å². The van der Waals surface area contributed by atoms with Crippen LogP contribution in [0, 0.1) is 4.77 Å². The lowest BCUT2D eigenvalue weighted by atomic mass is 10.1. The minimum atomic E-state index is -0.505. The van der Waals surface area contributed by atoms with Crippen molar-refractivity contribution in [1.82, 2.24) is 24.6 Å². The maximum atomic E-state index is 13.4. The van der Waals surface area contributed by atoms with E-state index in [9.17, 15) is 9.59 Å². The van der Waals surface area contributed by atoms with Crippen LogP contribution in [0.3, 0.4) is 0 Å². The van der Waals surface area contributed by atoms with Crippen molar-refractivity contribution in [2.45, 2.75) is 19.4 Å². The van der Waals surface area contributed by atoms with Crippen molar-refractivity contribution in [3.63, 3.8) is 0 Å². The molecule has 1 unspecified atom stereocenters. The number of nitrogens with zero attached hydrogens (tertiary/aromatic N) is 4. The van der Waals surface area contributed by atoms with Gasteiger partial charge in [-0.25, -0.2) is 0 Å². The standard InChI is InChI=1S/C22H25N5O3S2/c1-15(27-19(23-24-22(27)31)18-9-5-14-32-18)20(28)25-10-6-11-26(13-12-25)21(29)16-7-3-4-8-17(16)30-2/h3-5,7-9,14-15H,6,10-13H2,1-2H3,(H,24,31). The number of rotatable bonds is 5. The molecule has 1 saturated heterocycles.